The van der Waals surface area contributed by atoms with Crippen LogP contribution >= 0.6 is 11.6 Å². The molecule has 0 saturated carbocycles. The van der Waals surface area contributed by atoms with Gasteiger partial charge < -0.3 is 5.32 Å². The van der Waals surface area contributed by atoms with Gasteiger partial charge in [0.15, 0.2) is 0 Å². The van der Waals surface area contributed by atoms with Gasteiger partial charge in [0, 0.05) is 23.7 Å². The molecule has 0 aliphatic heterocycles. The molecule has 4 heteroatoms. The number of hydrogen-bond donors (Lipinski definition) is 1. The molecule has 0 radical (unpaired) electrons. The summed E-state index contributed by atoms with van der Waals surface area (Å²) in [6, 6.07) is 14.0. The first kappa shape index (κ1) is 14.0. The molecule has 0 saturated heterocycles. The van der Waals surface area contributed by atoms with Gasteiger partial charge in [-0.05, 0) is 23.3 Å². The van der Waals surface area contributed by atoms with Crippen molar-refractivity contribution in [1.82, 2.24) is 5.32 Å². The van der Waals surface area contributed by atoms with E-state index in [-0.39, 0.29) is 5.56 Å². The minimum atomic E-state index is -2.43. The number of alkyl halides is 2. The third-order valence-corrected chi connectivity index (χ3v) is 3.17. The smallest absolute Gasteiger partial charge is 0.263 e. The Kier molecular flexibility index (Phi) is 4.88. The van der Waals surface area contributed by atoms with Crippen molar-refractivity contribution in [3.8, 4) is 0 Å². The van der Waals surface area contributed by atoms with Crippen LogP contribution < -0.4 is 5.32 Å². The van der Waals surface area contributed by atoms with Crippen LogP contribution in [-0.4, -0.2) is 0 Å². The van der Waals surface area contributed by atoms with Crippen LogP contribution in [0.5, 0.6) is 0 Å². The van der Waals surface area contributed by atoms with E-state index in [1.54, 1.807) is 6.07 Å². The Morgan fingerprint density at radius 3 is 2.53 bits per heavy atom. The second-order valence-corrected chi connectivity index (χ2v) is 4.65. The highest BCUT2D eigenvalue weighted by molar-refractivity contribution is 6.31. The van der Waals surface area contributed by atoms with E-state index in [0.717, 1.165) is 11.1 Å². The third-order valence-electron chi connectivity index (χ3n) is 2.81. The molecule has 0 aliphatic carbocycles. The molecule has 2 aromatic carbocycles. The highest BCUT2D eigenvalue weighted by Crippen LogP contribution is 2.19. The quantitative estimate of drug-likeness (QED) is 0.847. The van der Waals surface area contributed by atoms with E-state index in [1.807, 2.05) is 30.3 Å². The topological polar surface area (TPSA) is 12.0 Å². The Bertz CT molecular complexity index is 543. The summed E-state index contributed by atoms with van der Waals surface area (Å²) in [7, 11) is 0. The van der Waals surface area contributed by atoms with Gasteiger partial charge >= 0.3 is 0 Å². The molecule has 0 unspecified atom stereocenters. The molecule has 0 aliphatic rings. The van der Waals surface area contributed by atoms with Crippen molar-refractivity contribution in [3.63, 3.8) is 0 Å². The first-order chi connectivity index (χ1) is 9.16. The van der Waals surface area contributed by atoms with Crippen LogP contribution in [0.1, 0.15) is 23.1 Å². The Morgan fingerprint density at radius 1 is 1.00 bits per heavy atom. The van der Waals surface area contributed by atoms with Crippen LogP contribution in [0.4, 0.5) is 8.78 Å². The van der Waals surface area contributed by atoms with Gasteiger partial charge in [-0.15, -0.1) is 0 Å². The fourth-order valence-electron chi connectivity index (χ4n) is 1.82. The fourth-order valence-corrected chi connectivity index (χ4v) is 2.02. The molecule has 0 spiro atoms. The van der Waals surface area contributed by atoms with Crippen LogP contribution in [0.15, 0.2) is 48.5 Å². The van der Waals surface area contributed by atoms with E-state index in [1.165, 1.54) is 12.1 Å². The maximum atomic E-state index is 12.5. The molecule has 19 heavy (non-hydrogen) atoms. The molecular weight excluding hydrogens is 268 g/mol. The molecular formula is C15H14ClF2N. The van der Waals surface area contributed by atoms with Crippen LogP contribution in [0, 0.1) is 0 Å². The maximum absolute atomic E-state index is 12.5. The Morgan fingerprint density at radius 2 is 1.79 bits per heavy atom. The summed E-state index contributed by atoms with van der Waals surface area (Å²) in [5, 5.41) is 3.90. The van der Waals surface area contributed by atoms with E-state index >= 15 is 0 Å². The van der Waals surface area contributed by atoms with Gasteiger partial charge in [-0.25, -0.2) is 8.78 Å². The first-order valence-electron chi connectivity index (χ1n) is 5.98. The summed E-state index contributed by atoms with van der Waals surface area (Å²) in [5.41, 5.74) is 1.89. The normalized spacial score (nSPS) is 10.9. The summed E-state index contributed by atoms with van der Waals surface area (Å²) in [5.74, 6) is 0. The van der Waals surface area contributed by atoms with Crippen LogP contribution in [0.3, 0.4) is 0 Å². The maximum Gasteiger partial charge on any atom is 0.263 e. The van der Waals surface area contributed by atoms with Crippen molar-refractivity contribution in [2.75, 3.05) is 0 Å². The number of rotatable bonds is 5. The lowest BCUT2D eigenvalue weighted by molar-refractivity contribution is 0.151. The van der Waals surface area contributed by atoms with Crippen molar-refractivity contribution in [1.29, 1.82) is 0 Å². The molecule has 100 valence electrons. The minimum absolute atomic E-state index is 0.0528. The standard InChI is InChI=1S/C15H14ClF2N/c16-14-7-2-1-5-13(14)10-19-9-11-4-3-6-12(8-11)15(17)18/h1-8,15,19H,9-10H2. The summed E-state index contributed by atoms with van der Waals surface area (Å²) >= 11 is 6.03. The fraction of sp³-hybridized carbons (Fsp3) is 0.200. The zero-order valence-corrected chi connectivity index (χ0v) is 11.0. The molecule has 0 fully saturated rings. The SMILES string of the molecule is FC(F)c1cccc(CNCc2ccccc2Cl)c1. The number of hydrogen-bond acceptors (Lipinski definition) is 1. The number of benzene rings is 2. The van der Waals surface area contributed by atoms with Crippen LogP contribution in [0.2, 0.25) is 5.02 Å². The third kappa shape index (κ3) is 4.01. The zero-order valence-electron chi connectivity index (χ0n) is 10.2. The molecule has 1 nitrogen and oxygen atoms in total. The second kappa shape index (κ2) is 6.64. The van der Waals surface area contributed by atoms with Crippen molar-refractivity contribution in [2.45, 2.75) is 19.5 Å². The number of halogens is 3. The zero-order chi connectivity index (χ0) is 13.7. The van der Waals surface area contributed by atoms with Crippen molar-refractivity contribution in [2.24, 2.45) is 0 Å². The predicted octanol–water partition coefficient (Wildman–Crippen LogP) is 4.57. The van der Waals surface area contributed by atoms with Gasteiger partial charge in [0.2, 0.25) is 0 Å². The summed E-state index contributed by atoms with van der Waals surface area (Å²) in [6.07, 6.45) is -2.43. The molecule has 0 heterocycles. The van der Waals surface area contributed by atoms with Crippen molar-refractivity contribution < 1.29 is 8.78 Å². The minimum Gasteiger partial charge on any atom is -0.309 e. The Hall–Kier alpha value is -1.45. The van der Waals surface area contributed by atoms with Gasteiger partial charge in [-0.1, -0.05) is 48.0 Å². The molecule has 2 rings (SSSR count). The largest absolute Gasteiger partial charge is 0.309 e. The lowest BCUT2D eigenvalue weighted by atomic mass is 10.1. The molecule has 0 amide bonds. The van der Waals surface area contributed by atoms with E-state index < -0.39 is 6.43 Å². The average molecular weight is 282 g/mol. The summed E-state index contributed by atoms with van der Waals surface area (Å²) < 4.78 is 25.1. The summed E-state index contributed by atoms with van der Waals surface area (Å²) in [4.78, 5) is 0. The van der Waals surface area contributed by atoms with Gasteiger partial charge in [0.05, 0.1) is 0 Å². The van der Waals surface area contributed by atoms with Gasteiger partial charge in [0.1, 0.15) is 0 Å². The van der Waals surface area contributed by atoms with Crippen molar-refractivity contribution >= 4 is 11.6 Å². The van der Waals surface area contributed by atoms with Crippen molar-refractivity contribution in [3.05, 3.63) is 70.2 Å². The molecule has 0 aromatic heterocycles. The monoisotopic (exact) mass is 281 g/mol. The Balaban J connectivity index is 1.93. The van der Waals surface area contributed by atoms with Gasteiger partial charge in [-0.3, -0.25) is 0 Å². The number of nitrogens with one attached hydrogen (secondary N) is 1. The van der Waals surface area contributed by atoms with E-state index in [0.29, 0.717) is 18.1 Å². The van der Waals surface area contributed by atoms with Gasteiger partial charge in [-0.2, -0.15) is 0 Å². The van der Waals surface area contributed by atoms with E-state index in [4.69, 9.17) is 11.6 Å². The predicted molar refractivity (Wildman–Crippen MR) is 73.4 cm³/mol. The lowest BCUT2D eigenvalue weighted by Crippen LogP contribution is -2.13. The molecule has 2 aromatic rings. The molecule has 0 atom stereocenters. The highest BCUT2D eigenvalue weighted by Gasteiger charge is 2.06. The summed E-state index contributed by atoms with van der Waals surface area (Å²) in [6.45, 7) is 1.14. The first-order valence-corrected chi connectivity index (χ1v) is 6.35. The van der Waals surface area contributed by atoms with Crippen LogP contribution in [0.25, 0.3) is 0 Å². The lowest BCUT2D eigenvalue weighted by Gasteiger charge is -2.08. The second-order valence-electron chi connectivity index (χ2n) is 4.24. The van der Waals surface area contributed by atoms with E-state index in [2.05, 4.69) is 5.32 Å². The molecule has 1 N–H and O–H groups in total. The van der Waals surface area contributed by atoms with E-state index in [9.17, 15) is 8.78 Å². The Labute approximate surface area is 116 Å². The van der Waals surface area contributed by atoms with Crippen LogP contribution in [-0.2, 0) is 13.1 Å². The highest BCUT2D eigenvalue weighted by atomic mass is 35.5. The average Bonchev–Trinajstić information content (AvgIpc) is 2.41. The van der Waals surface area contributed by atoms with Gasteiger partial charge in [0.25, 0.3) is 6.43 Å². The molecule has 0 bridgehead atoms.